The number of nitrogens with zero attached hydrogens (tertiary/aromatic N) is 2. The summed E-state index contributed by atoms with van der Waals surface area (Å²) in [4.78, 5) is 0. The van der Waals surface area contributed by atoms with Crippen LogP contribution in [-0.2, 0) is 13.5 Å². The third-order valence-corrected chi connectivity index (χ3v) is 4.04. The van der Waals surface area contributed by atoms with Crippen molar-refractivity contribution in [1.29, 1.82) is 0 Å². The molecule has 0 radical (unpaired) electrons. The zero-order valence-electron chi connectivity index (χ0n) is 13.0. The fraction of sp³-hybridized carbons (Fsp3) is 0.438. The van der Waals surface area contributed by atoms with Crippen LogP contribution in [0.15, 0.2) is 28.9 Å². The highest BCUT2D eigenvalue weighted by Crippen LogP contribution is 2.28. The molecule has 4 nitrogen and oxygen atoms in total. The van der Waals surface area contributed by atoms with Crippen LogP contribution >= 0.6 is 15.9 Å². The van der Waals surface area contributed by atoms with Gasteiger partial charge in [0.15, 0.2) is 0 Å². The monoisotopic (exact) mass is 351 g/mol. The number of ether oxygens (including phenoxy) is 1. The molecule has 0 aliphatic rings. The Morgan fingerprint density at radius 1 is 1.43 bits per heavy atom. The normalized spacial score (nSPS) is 12.4. The van der Waals surface area contributed by atoms with E-state index in [0.717, 1.165) is 28.9 Å². The van der Waals surface area contributed by atoms with E-state index < -0.39 is 0 Å². The Kier molecular flexibility index (Phi) is 5.42. The van der Waals surface area contributed by atoms with Crippen LogP contribution in [0, 0.1) is 6.92 Å². The van der Waals surface area contributed by atoms with Crippen molar-refractivity contribution < 1.29 is 4.74 Å². The molecule has 0 bridgehead atoms. The molecule has 2 rings (SSSR count). The maximum atomic E-state index is 5.48. The smallest absolute Gasteiger partial charge is 0.122 e. The highest BCUT2D eigenvalue weighted by molar-refractivity contribution is 9.10. The number of rotatable bonds is 6. The summed E-state index contributed by atoms with van der Waals surface area (Å²) in [6, 6.07) is 6.35. The van der Waals surface area contributed by atoms with Crippen molar-refractivity contribution >= 4 is 15.9 Å². The molecule has 1 aromatic heterocycles. The van der Waals surface area contributed by atoms with Crippen LogP contribution in [0.2, 0.25) is 0 Å². The van der Waals surface area contributed by atoms with Gasteiger partial charge in [-0.1, -0.05) is 22.9 Å². The summed E-state index contributed by atoms with van der Waals surface area (Å²) in [6.45, 7) is 5.09. The first kappa shape index (κ1) is 16.0. The minimum atomic E-state index is 0.229. The van der Waals surface area contributed by atoms with Gasteiger partial charge in [-0.05, 0) is 43.7 Å². The second-order valence-electron chi connectivity index (χ2n) is 5.11. The van der Waals surface area contributed by atoms with Gasteiger partial charge in [0, 0.05) is 29.3 Å². The van der Waals surface area contributed by atoms with E-state index in [4.69, 9.17) is 4.74 Å². The second-order valence-corrected chi connectivity index (χ2v) is 6.03. The van der Waals surface area contributed by atoms with E-state index in [1.165, 1.54) is 11.1 Å². The van der Waals surface area contributed by atoms with Gasteiger partial charge in [-0.2, -0.15) is 5.10 Å². The lowest BCUT2D eigenvalue weighted by atomic mass is 9.99. The van der Waals surface area contributed by atoms with Gasteiger partial charge >= 0.3 is 0 Å². The van der Waals surface area contributed by atoms with Crippen molar-refractivity contribution in [2.75, 3.05) is 13.7 Å². The van der Waals surface area contributed by atoms with Crippen LogP contribution in [0.25, 0.3) is 0 Å². The zero-order chi connectivity index (χ0) is 15.4. The molecule has 5 heteroatoms. The zero-order valence-corrected chi connectivity index (χ0v) is 14.6. The lowest BCUT2D eigenvalue weighted by molar-refractivity contribution is 0.405. The lowest BCUT2D eigenvalue weighted by Gasteiger charge is -2.19. The van der Waals surface area contributed by atoms with Gasteiger partial charge in [-0.3, -0.25) is 4.68 Å². The molecule has 0 fully saturated rings. The molecule has 0 saturated carbocycles. The molecule has 21 heavy (non-hydrogen) atoms. The molecule has 0 spiro atoms. The second kappa shape index (κ2) is 7.09. The van der Waals surface area contributed by atoms with Crippen LogP contribution in [0.1, 0.15) is 29.8 Å². The van der Waals surface area contributed by atoms with Gasteiger partial charge in [0.05, 0.1) is 12.8 Å². The molecule has 1 aromatic carbocycles. The van der Waals surface area contributed by atoms with Crippen LogP contribution < -0.4 is 10.1 Å². The van der Waals surface area contributed by atoms with Crippen LogP contribution in [0.3, 0.4) is 0 Å². The predicted octanol–water partition coefficient (Wildman–Crippen LogP) is 3.39. The fourth-order valence-electron chi connectivity index (χ4n) is 2.63. The fourth-order valence-corrected chi connectivity index (χ4v) is 3.03. The molecule has 1 unspecified atom stereocenters. The van der Waals surface area contributed by atoms with E-state index in [-0.39, 0.29) is 6.04 Å². The number of hydrogen-bond acceptors (Lipinski definition) is 3. The van der Waals surface area contributed by atoms with E-state index >= 15 is 0 Å². The Bertz CT molecular complexity index is 610. The Labute approximate surface area is 134 Å². The Balaban J connectivity index is 2.32. The standard InChI is InChI=1S/C16H22BrN3O/c1-5-18-15(14-10-20(3)19-11(14)2)9-12-8-13(17)6-7-16(12)21-4/h6-8,10,15,18H,5,9H2,1-4H3. The topological polar surface area (TPSA) is 39.1 Å². The number of aryl methyl sites for hydroxylation is 2. The quantitative estimate of drug-likeness (QED) is 0.866. The minimum Gasteiger partial charge on any atom is -0.496 e. The average Bonchev–Trinajstić information content (AvgIpc) is 2.77. The summed E-state index contributed by atoms with van der Waals surface area (Å²) >= 11 is 3.54. The molecule has 0 saturated heterocycles. The number of hydrogen-bond donors (Lipinski definition) is 1. The first-order valence-corrected chi connectivity index (χ1v) is 7.90. The van der Waals surface area contributed by atoms with Crippen LogP contribution in [0.4, 0.5) is 0 Å². The van der Waals surface area contributed by atoms with Crippen molar-refractivity contribution in [2.45, 2.75) is 26.3 Å². The van der Waals surface area contributed by atoms with E-state index in [2.05, 4.69) is 52.5 Å². The van der Waals surface area contributed by atoms with Crippen molar-refractivity contribution in [3.63, 3.8) is 0 Å². The highest BCUT2D eigenvalue weighted by Gasteiger charge is 2.18. The summed E-state index contributed by atoms with van der Waals surface area (Å²) < 4.78 is 8.42. The van der Waals surface area contributed by atoms with E-state index in [1.54, 1.807) is 7.11 Å². The van der Waals surface area contributed by atoms with Gasteiger partial charge in [0.25, 0.3) is 0 Å². The van der Waals surface area contributed by atoms with Gasteiger partial charge in [0.1, 0.15) is 5.75 Å². The molecule has 0 aliphatic carbocycles. The molecule has 114 valence electrons. The molecule has 1 atom stereocenters. The van der Waals surface area contributed by atoms with Crippen LogP contribution in [0.5, 0.6) is 5.75 Å². The summed E-state index contributed by atoms with van der Waals surface area (Å²) in [5.74, 6) is 0.919. The van der Waals surface area contributed by atoms with E-state index in [9.17, 15) is 0 Å². The number of benzene rings is 1. The Morgan fingerprint density at radius 2 is 2.19 bits per heavy atom. The molecular weight excluding hydrogens is 330 g/mol. The SMILES string of the molecule is CCNC(Cc1cc(Br)ccc1OC)c1cn(C)nc1C. The molecular formula is C16H22BrN3O. The summed E-state index contributed by atoms with van der Waals surface area (Å²) in [5.41, 5.74) is 3.49. The molecule has 1 heterocycles. The number of aromatic nitrogens is 2. The van der Waals surface area contributed by atoms with Crippen molar-refractivity contribution in [1.82, 2.24) is 15.1 Å². The van der Waals surface area contributed by atoms with Crippen LogP contribution in [-0.4, -0.2) is 23.4 Å². The largest absolute Gasteiger partial charge is 0.496 e. The third kappa shape index (κ3) is 3.86. The lowest BCUT2D eigenvalue weighted by Crippen LogP contribution is -2.23. The molecule has 0 amide bonds. The number of methoxy groups -OCH3 is 1. The first-order chi connectivity index (χ1) is 10.0. The molecule has 1 N–H and O–H groups in total. The van der Waals surface area contributed by atoms with Gasteiger partial charge in [0.2, 0.25) is 0 Å². The molecule has 0 aliphatic heterocycles. The van der Waals surface area contributed by atoms with Crippen molar-refractivity contribution in [2.24, 2.45) is 7.05 Å². The summed E-state index contributed by atoms with van der Waals surface area (Å²) in [7, 11) is 3.67. The maximum absolute atomic E-state index is 5.48. The highest BCUT2D eigenvalue weighted by atomic mass is 79.9. The van der Waals surface area contributed by atoms with Gasteiger partial charge in [-0.25, -0.2) is 0 Å². The average molecular weight is 352 g/mol. The van der Waals surface area contributed by atoms with Crippen molar-refractivity contribution in [3.8, 4) is 5.75 Å². The van der Waals surface area contributed by atoms with E-state index in [1.807, 2.05) is 23.9 Å². The number of likely N-dealkylation sites (N-methyl/N-ethyl adjacent to an activating group) is 1. The Morgan fingerprint density at radius 3 is 2.76 bits per heavy atom. The van der Waals surface area contributed by atoms with Gasteiger partial charge < -0.3 is 10.1 Å². The first-order valence-electron chi connectivity index (χ1n) is 7.11. The molecule has 2 aromatic rings. The van der Waals surface area contributed by atoms with Gasteiger partial charge in [-0.15, -0.1) is 0 Å². The third-order valence-electron chi connectivity index (χ3n) is 3.54. The minimum absolute atomic E-state index is 0.229. The van der Waals surface area contributed by atoms with E-state index in [0.29, 0.717) is 0 Å². The van der Waals surface area contributed by atoms with Crippen molar-refractivity contribution in [3.05, 3.63) is 45.7 Å². The number of halogens is 1. The summed E-state index contributed by atoms with van der Waals surface area (Å²) in [6.07, 6.45) is 2.95. The predicted molar refractivity (Wildman–Crippen MR) is 88.8 cm³/mol. The maximum Gasteiger partial charge on any atom is 0.122 e. The number of nitrogens with one attached hydrogen (secondary N) is 1. The Hall–Kier alpha value is -1.33. The summed E-state index contributed by atoms with van der Waals surface area (Å²) in [5, 5.41) is 8.00.